The molecule has 3 aromatic rings. The van der Waals surface area contributed by atoms with Gasteiger partial charge < -0.3 is 10.1 Å². The second-order valence-electron chi connectivity index (χ2n) is 6.95. The van der Waals surface area contributed by atoms with Crippen molar-refractivity contribution in [1.82, 2.24) is 5.32 Å². The fourth-order valence-electron chi connectivity index (χ4n) is 2.87. The van der Waals surface area contributed by atoms with Crippen LogP contribution < -0.4 is 10.1 Å². The van der Waals surface area contributed by atoms with Crippen molar-refractivity contribution in [2.75, 3.05) is 0 Å². The second kappa shape index (κ2) is 10.3. The molecule has 3 aromatic carbocycles. The van der Waals surface area contributed by atoms with Gasteiger partial charge in [0, 0.05) is 12.6 Å². The number of carbonyl (C=O) groups is 1. The minimum atomic E-state index is -4.73. The quantitative estimate of drug-likeness (QED) is 0.210. The lowest BCUT2D eigenvalue weighted by molar-refractivity contribution is -0.385. The summed E-state index contributed by atoms with van der Waals surface area (Å²) in [6.45, 7) is 0.247. The molecule has 0 atom stereocenters. The minimum absolute atomic E-state index is 0.118. The molecule has 1 N–H and O–H groups in total. The van der Waals surface area contributed by atoms with Gasteiger partial charge in [-0.25, -0.2) is 0 Å². The largest absolute Gasteiger partial charge is 0.450 e. The van der Waals surface area contributed by atoms with Crippen LogP contribution in [0.1, 0.15) is 16.7 Å². The predicted molar refractivity (Wildman–Crippen MR) is 116 cm³/mol. The van der Waals surface area contributed by atoms with Crippen LogP contribution in [0.3, 0.4) is 0 Å². The highest BCUT2D eigenvalue weighted by molar-refractivity contribution is 6.01. The molecule has 0 bridgehead atoms. The first-order chi connectivity index (χ1) is 16.2. The molecule has 0 saturated heterocycles. The number of rotatable bonds is 7. The van der Waals surface area contributed by atoms with Gasteiger partial charge in [-0.1, -0.05) is 42.5 Å². The van der Waals surface area contributed by atoms with Crippen molar-refractivity contribution in [3.63, 3.8) is 0 Å². The smallest absolute Gasteiger partial charge is 0.416 e. The van der Waals surface area contributed by atoms with E-state index in [1.807, 2.05) is 36.4 Å². The molecule has 34 heavy (non-hydrogen) atoms. The highest BCUT2D eigenvalue weighted by atomic mass is 19.4. The molecular weight excluding hydrogens is 451 g/mol. The summed E-state index contributed by atoms with van der Waals surface area (Å²) in [5.41, 5.74) is -0.794. The average Bonchev–Trinajstić information content (AvgIpc) is 2.82. The summed E-state index contributed by atoms with van der Waals surface area (Å²) in [4.78, 5) is 22.5. The first kappa shape index (κ1) is 24.0. The Morgan fingerprint density at radius 2 is 1.76 bits per heavy atom. The van der Waals surface area contributed by atoms with Crippen LogP contribution in [0.5, 0.6) is 11.5 Å². The first-order valence-electron chi connectivity index (χ1n) is 9.75. The van der Waals surface area contributed by atoms with E-state index in [9.17, 15) is 33.3 Å². The van der Waals surface area contributed by atoms with Gasteiger partial charge in [0.1, 0.15) is 17.4 Å². The molecule has 0 saturated carbocycles. The molecule has 0 aromatic heterocycles. The zero-order valence-electron chi connectivity index (χ0n) is 17.4. The van der Waals surface area contributed by atoms with Gasteiger partial charge in [0.15, 0.2) is 0 Å². The van der Waals surface area contributed by atoms with Gasteiger partial charge >= 0.3 is 11.9 Å². The lowest BCUT2D eigenvalue weighted by Gasteiger charge is -2.10. The predicted octanol–water partition coefficient (Wildman–Crippen LogP) is 5.63. The maximum absolute atomic E-state index is 12.8. The molecule has 3 rings (SSSR count). The number of hydrogen-bond acceptors (Lipinski definition) is 5. The fraction of sp³-hybridized carbons (Fsp3) is 0.0833. The normalized spacial score (nSPS) is 11.4. The molecule has 0 radical (unpaired) electrons. The number of nitriles is 1. The number of nitrogens with zero attached hydrogens (tertiary/aromatic N) is 2. The lowest BCUT2D eigenvalue weighted by atomic mass is 10.1. The fourth-order valence-corrected chi connectivity index (χ4v) is 2.87. The Morgan fingerprint density at radius 1 is 1.09 bits per heavy atom. The van der Waals surface area contributed by atoms with Crippen LogP contribution in [-0.2, 0) is 17.5 Å². The van der Waals surface area contributed by atoms with E-state index in [1.165, 1.54) is 30.3 Å². The van der Waals surface area contributed by atoms with Crippen molar-refractivity contribution in [3.05, 3.63) is 105 Å². The minimum Gasteiger partial charge on any atom is -0.450 e. The maximum Gasteiger partial charge on any atom is 0.416 e. The number of ether oxygens (including phenoxy) is 1. The van der Waals surface area contributed by atoms with Crippen LogP contribution in [-0.4, -0.2) is 10.8 Å². The molecule has 0 aliphatic heterocycles. The average molecular weight is 467 g/mol. The van der Waals surface area contributed by atoms with E-state index in [4.69, 9.17) is 4.74 Å². The number of amides is 1. The molecular formula is C24H16F3N3O4. The zero-order chi connectivity index (χ0) is 24.7. The summed E-state index contributed by atoms with van der Waals surface area (Å²) in [5.74, 6) is -0.807. The van der Waals surface area contributed by atoms with Crippen LogP contribution in [0.2, 0.25) is 0 Å². The SMILES string of the molecule is N#C/C(=C/c1ccc(Oc2ccc(C(F)(F)F)cc2[N+](=O)[O-])cc1)C(=O)NCc1ccccc1. The van der Waals surface area contributed by atoms with Crippen molar-refractivity contribution < 1.29 is 27.6 Å². The zero-order valence-corrected chi connectivity index (χ0v) is 17.4. The Bertz CT molecular complexity index is 1270. The third kappa shape index (κ3) is 6.20. The first-order valence-corrected chi connectivity index (χ1v) is 9.75. The van der Waals surface area contributed by atoms with Crippen molar-refractivity contribution in [1.29, 1.82) is 5.26 Å². The van der Waals surface area contributed by atoms with Crippen molar-refractivity contribution in [2.45, 2.75) is 12.7 Å². The molecule has 0 aliphatic carbocycles. The summed E-state index contributed by atoms with van der Waals surface area (Å²) in [5, 5.41) is 23.2. The Morgan fingerprint density at radius 3 is 2.35 bits per heavy atom. The Kier molecular flexibility index (Phi) is 7.28. The number of halogens is 3. The summed E-state index contributed by atoms with van der Waals surface area (Å²) in [6, 6.07) is 18.7. The van der Waals surface area contributed by atoms with E-state index < -0.39 is 28.3 Å². The number of nitro groups is 1. The number of nitrogens with one attached hydrogen (secondary N) is 1. The third-order valence-corrected chi connectivity index (χ3v) is 4.56. The van der Waals surface area contributed by atoms with Crippen molar-refractivity contribution >= 4 is 17.7 Å². The Labute approximate surface area is 191 Å². The molecule has 0 heterocycles. The molecule has 1 amide bonds. The molecule has 0 unspecified atom stereocenters. The van der Waals surface area contributed by atoms with Gasteiger partial charge in [0.25, 0.3) is 5.91 Å². The highest BCUT2D eigenvalue weighted by Gasteiger charge is 2.33. The highest BCUT2D eigenvalue weighted by Crippen LogP contribution is 2.37. The van der Waals surface area contributed by atoms with Crippen LogP contribution in [0.15, 0.2) is 78.4 Å². The van der Waals surface area contributed by atoms with E-state index in [0.29, 0.717) is 17.7 Å². The van der Waals surface area contributed by atoms with E-state index in [2.05, 4.69) is 5.32 Å². The summed E-state index contributed by atoms with van der Waals surface area (Å²) >= 11 is 0. The van der Waals surface area contributed by atoms with Crippen LogP contribution in [0.25, 0.3) is 6.08 Å². The molecule has 0 fully saturated rings. The number of carbonyl (C=O) groups excluding carboxylic acids is 1. The standard InChI is InChI=1S/C24H16F3N3O4/c25-24(26,27)19-8-11-22(21(13-19)30(32)33)34-20-9-6-16(7-10-20)12-18(14-28)23(31)29-15-17-4-2-1-3-5-17/h1-13H,15H2,(H,29,31)/b18-12-. The van der Waals surface area contributed by atoms with Crippen LogP contribution >= 0.6 is 0 Å². The van der Waals surface area contributed by atoms with E-state index in [0.717, 1.165) is 11.6 Å². The maximum atomic E-state index is 12.8. The molecule has 0 aliphatic rings. The third-order valence-electron chi connectivity index (χ3n) is 4.56. The number of hydrogen-bond donors (Lipinski definition) is 1. The second-order valence-corrected chi connectivity index (χ2v) is 6.95. The van der Waals surface area contributed by atoms with Gasteiger partial charge in [-0.2, -0.15) is 18.4 Å². The van der Waals surface area contributed by atoms with Gasteiger partial charge in [-0.05, 0) is 41.5 Å². The molecule has 0 spiro atoms. The monoisotopic (exact) mass is 467 g/mol. The Hall–Kier alpha value is -4.65. The molecule has 7 nitrogen and oxygen atoms in total. The number of alkyl halides is 3. The van der Waals surface area contributed by atoms with Gasteiger partial charge in [-0.3, -0.25) is 14.9 Å². The van der Waals surface area contributed by atoms with Crippen molar-refractivity contribution in [3.8, 4) is 17.6 Å². The van der Waals surface area contributed by atoms with Crippen molar-refractivity contribution in [2.24, 2.45) is 0 Å². The number of nitro benzene ring substituents is 1. The van der Waals surface area contributed by atoms with Crippen LogP contribution in [0.4, 0.5) is 18.9 Å². The van der Waals surface area contributed by atoms with E-state index >= 15 is 0 Å². The summed E-state index contributed by atoms with van der Waals surface area (Å²) in [7, 11) is 0. The lowest BCUT2D eigenvalue weighted by Crippen LogP contribution is -2.23. The summed E-state index contributed by atoms with van der Waals surface area (Å²) in [6.07, 6.45) is -3.38. The van der Waals surface area contributed by atoms with Gasteiger partial charge in [0.2, 0.25) is 5.75 Å². The van der Waals surface area contributed by atoms with Gasteiger partial charge in [0.05, 0.1) is 10.5 Å². The number of benzene rings is 3. The van der Waals surface area contributed by atoms with Gasteiger partial charge in [-0.15, -0.1) is 0 Å². The Balaban J connectivity index is 1.73. The van der Waals surface area contributed by atoms with E-state index in [-0.39, 0.29) is 23.6 Å². The van der Waals surface area contributed by atoms with E-state index in [1.54, 1.807) is 0 Å². The molecule has 172 valence electrons. The molecule has 10 heteroatoms. The topological polar surface area (TPSA) is 105 Å². The summed E-state index contributed by atoms with van der Waals surface area (Å²) < 4.78 is 43.9. The van der Waals surface area contributed by atoms with Crippen LogP contribution in [0, 0.1) is 21.4 Å².